The maximum Gasteiger partial charge on any atom is 0.236 e. The van der Waals surface area contributed by atoms with Gasteiger partial charge in [-0.3, -0.25) is 9.69 Å². The maximum atomic E-state index is 13.1. The van der Waals surface area contributed by atoms with Gasteiger partial charge < -0.3 is 15.1 Å². The molecule has 0 radical (unpaired) electrons. The van der Waals surface area contributed by atoms with Gasteiger partial charge in [0.2, 0.25) is 5.91 Å². The fraction of sp³-hybridized carbons (Fsp3) is 0.611. The van der Waals surface area contributed by atoms with E-state index in [0.29, 0.717) is 12.6 Å². The Hall–Kier alpha value is -1.08. The molecular weight excluding hydrogens is 378 g/mol. The van der Waals surface area contributed by atoms with Crippen LogP contribution in [0.25, 0.3) is 0 Å². The number of carbonyl (C=O) groups is 1. The minimum absolute atomic E-state index is 0. The summed E-state index contributed by atoms with van der Waals surface area (Å²) in [6.45, 7) is 6.04. The summed E-state index contributed by atoms with van der Waals surface area (Å²) >= 11 is 0. The Balaban J connectivity index is 0.00000169. The van der Waals surface area contributed by atoms with Crippen LogP contribution in [-0.2, 0) is 4.79 Å². The number of nitrogens with one attached hydrogen (secondary N) is 1. The highest BCUT2D eigenvalue weighted by molar-refractivity contribution is 5.85. The smallest absolute Gasteiger partial charge is 0.236 e. The minimum atomic E-state index is -0.189. The third-order valence-corrected chi connectivity index (χ3v) is 5.10. The monoisotopic (exact) mass is 406 g/mol. The van der Waals surface area contributed by atoms with E-state index in [1.807, 2.05) is 24.1 Å². The molecule has 2 heterocycles. The SMILES string of the molecule is CNCC(=O)N1CCCC(N2CCN(c3ccc(F)cc3)CC2)C1.Cl.Cl. The van der Waals surface area contributed by atoms with E-state index in [1.165, 1.54) is 18.6 Å². The van der Waals surface area contributed by atoms with Crippen LogP contribution in [0.15, 0.2) is 24.3 Å². The second-order valence-corrected chi connectivity index (χ2v) is 6.67. The van der Waals surface area contributed by atoms with Crippen LogP contribution < -0.4 is 10.2 Å². The molecule has 3 rings (SSSR count). The van der Waals surface area contributed by atoms with Gasteiger partial charge in [0.15, 0.2) is 0 Å². The topological polar surface area (TPSA) is 38.8 Å². The van der Waals surface area contributed by atoms with Crippen LogP contribution in [0.3, 0.4) is 0 Å². The molecule has 0 spiro atoms. The Bertz CT molecular complexity index is 553. The number of anilines is 1. The quantitative estimate of drug-likeness (QED) is 0.829. The molecule has 5 nitrogen and oxygen atoms in total. The first-order valence-corrected chi connectivity index (χ1v) is 8.84. The Morgan fingerprint density at radius 1 is 1.12 bits per heavy atom. The standard InChI is InChI=1S/C18H27FN4O.2ClH/c1-20-13-18(24)23-8-2-3-17(14-23)22-11-9-21(10-12-22)16-6-4-15(19)5-7-16;;/h4-7,17,20H,2-3,8-14H2,1H3;2*1H. The van der Waals surface area contributed by atoms with E-state index in [2.05, 4.69) is 15.1 Å². The van der Waals surface area contributed by atoms with Gasteiger partial charge in [-0.2, -0.15) is 0 Å². The Labute approximate surface area is 167 Å². The van der Waals surface area contributed by atoms with Crippen LogP contribution in [0.2, 0.25) is 0 Å². The molecule has 2 saturated heterocycles. The molecule has 1 aromatic carbocycles. The molecule has 1 amide bonds. The number of likely N-dealkylation sites (tertiary alicyclic amines) is 1. The number of carbonyl (C=O) groups excluding carboxylic acids is 1. The number of nitrogens with zero attached hydrogens (tertiary/aromatic N) is 3. The van der Waals surface area contributed by atoms with Crippen molar-refractivity contribution in [2.45, 2.75) is 18.9 Å². The van der Waals surface area contributed by atoms with E-state index in [1.54, 1.807) is 0 Å². The summed E-state index contributed by atoms with van der Waals surface area (Å²) in [5.74, 6) is 0.0121. The molecule has 1 atom stereocenters. The summed E-state index contributed by atoms with van der Waals surface area (Å²) in [6.07, 6.45) is 2.25. The molecule has 148 valence electrons. The normalized spacial score (nSPS) is 20.9. The molecule has 2 aliphatic heterocycles. The van der Waals surface area contributed by atoms with E-state index < -0.39 is 0 Å². The molecule has 0 saturated carbocycles. The van der Waals surface area contributed by atoms with Crippen molar-refractivity contribution in [3.8, 4) is 0 Å². The number of hydrogen-bond donors (Lipinski definition) is 1. The molecule has 0 aromatic heterocycles. The highest BCUT2D eigenvalue weighted by atomic mass is 35.5. The van der Waals surface area contributed by atoms with Crippen LogP contribution in [0.1, 0.15) is 12.8 Å². The van der Waals surface area contributed by atoms with Gasteiger partial charge in [0.1, 0.15) is 5.82 Å². The summed E-state index contributed by atoms with van der Waals surface area (Å²) < 4.78 is 13.1. The number of piperazine rings is 1. The summed E-state index contributed by atoms with van der Waals surface area (Å²) in [5, 5.41) is 2.95. The summed E-state index contributed by atoms with van der Waals surface area (Å²) in [6, 6.07) is 7.21. The van der Waals surface area contributed by atoms with E-state index in [9.17, 15) is 9.18 Å². The van der Waals surface area contributed by atoms with Gasteiger partial charge in [0.05, 0.1) is 6.54 Å². The third-order valence-electron chi connectivity index (χ3n) is 5.10. The number of halogens is 3. The molecule has 1 aromatic rings. The zero-order valence-electron chi connectivity index (χ0n) is 15.2. The lowest BCUT2D eigenvalue weighted by Gasteiger charge is -2.44. The first-order chi connectivity index (χ1) is 11.7. The molecule has 26 heavy (non-hydrogen) atoms. The lowest BCUT2D eigenvalue weighted by Crippen LogP contribution is -2.56. The van der Waals surface area contributed by atoms with Crippen molar-refractivity contribution >= 4 is 36.4 Å². The van der Waals surface area contributed by atoms with Crippen molar-refractivity contribution in [1.29, 1.82) is 0 Å². The molecule has 0 bridgehead atoms. The van der Waals surface area contributed by atoms with Crippen molar-refractivity contribution in [2.75, 3.05) is 57.8 Å². The van der Waals surface area contributed by atoms with E-state index in [-0.39, 0.29) is 36.5 Å². The minimum Gasteiger partial charge on any atom is -0.369 e. The zero-order valence-corrected chi connectivity index (χ0v) is 16.8. The predicted molar refractivity (Wildman–Crippen MR) is 108 cm³/mol. The van der Waals surface area contributed by atoms with Crippen LogP contribution in [0.5, 0.6) is 0 Å². The largest absolute Gasteiger partial charge is 0.369 e. The number of likely N-dealkylation sites (N-methyl/N-ethyl adjacent to an activating group) is 1. The van der Waals surface area contributed by atoms with Gasteiger partial charge in [-0.05, 0) is 44.2 Å². The molecule has 8 heteroatoms. The van der Waals surface area contributed by atoms with Crippen molar-refractivity contribution in [3.05, 3.63) is 30.1 Å². The number of piperidine rings is 1. The molecule has 2 aliphatic rings. The Morgan fingerprint density at radius 2 is 1.77 bits per heavy atom. The fourth-order valence-electron chi connectivity index (χ4n) is 3.74. The average Bonchev–Trinajstić information content (AvgIpc) is 2.63. The van der Waals surface area contributed by atoms with Crippen LogP contribution >= 0.6 is 24.8 Å². The highest BCUT2D eigenvalue weighted by Gasteiger charge is 2.29. The van der Waals surface area contributed by atoms with Crippen LogP contribution in [0, 0.1) is 5.82 Å². The number of amides is 1. The molecule has 1 unspecified atom stereocenters. The van der Waals surface area contributed by atoms with Gasteiger partial charge in [0.25, 0.3) is 0 Å². The Morgan fingerprint density at radius 3 is 2.38 bits per heavy atom. The van der Waals surface area contributed by atoms with Gasteiger partial charge >= 0.3 is 0 Å². The maximum absolute atomic E-state index is 13.1. The first kappa shape index (κ1) is 23.0. The van der Waals surface area contributed by atoms with Crippen molar-refractivity contribution < 1.29 is 9.18 Å². The second-order valence-electron chi connectivity index (χ2n) is 6.67. The lowest BCUT2D eigenvalue weighted by atomic mass is 10.0. The van der Waals surface area contributed by atoms with E-state index in [4.69, 9.17) is 0 Å². The highest BCUT2D eigenvalue weighted by Crippen LogP contribution is 2.21. The first-order valence-electron chi connectivity index (χ1n) is 8.84. The average molecular weight is 407 g/mol. The summed E-state index contributed by atoms with van der Waals surface area (Å²) in [7, 11) is 1.81. The number of rotatable bonds is 4. The zero-order chi connectivity index (χ0) is 16.9. The predicted octanol–water partition coefficient (Wildman–Crippen LogP) is 2.00. The van der Waals surface area contributed by atoms with Crippen molar-refractivity contribution in [1.82, 2.24) is 15.1 Å². The van der Waals surface area contributed by atoms with Gasteiger partial charge in [0, 0.05) is 51.0 Å². The van der Waals surface area contributed by atoms with Gasteiger partial charge in [-0.1, -0.05) is 0 Å². The van der Waals surface area contributed by atoms with Crippen molar-refractivity contribution in [2.24, 2.45) is 0 Å². The third kappa shape index (κ3) is 5.71. The lowest BCUT2D eigenvalue weighted by molar-refractivity contribution is -0.132. The van der Waals surface area contributed by atoms with Gasteiger partial charge in [-0.25, -0.2) is 4.39 Å². The molecule has 1 N–H and O–H groups in total. The second kappa shape index (κ2) is 10.9. The van der Waals surface area contributed by atoms with Crippen LogP contribution in [0.4, 0.5) is 10.1 Å². The fourth-order valence-corrected chi connectivity index (χ4v) is 3.74. The Kier molecular flexibility index (Phi) is 9.64. The molecule has 2 fully saturated rings. The van der Waals surface area contributed by atoms with E-state index >= 15 is 0 Å². The number of benzene rings is 1. The molecule has 0 aliphatic carbocycles. The van der Waals surface area contributed by atoms with Gasteiger partial charge in [-0.15, -0.1) is 24.8 Å². The summed E-state index contributed by atoms with van der Waals surface area (Å²) in [5.41, 5.74) is 1.09. The van der Waals surface area contributed by atoms with Crippen LogP contribution in [-0.4, -0.2) is 74.6 Å². The molecular formula is C18H29Cl2FN4O. The summed E-state index contributed by atoms with van der Waals surface area (Å²) in [4.78, 5) is 18.9. The van der Waals surface area contributed by atoms with E-state index in [0.717, 1.165) is 51.4 Å². The van der Waals surface area contributed by atoms with Crippen molar-refractivity contribution in [3.63, 3.8) is 0 Å². The number of hydrogen-bond acceptors (Lipinski definition) is 4.